The molecule has 1 amide bonds. The standard InChI is InChI=1S/C29H33FN6O3/c1-6-13-35(4)36-14-11-20-24(28(36)37)26(34-21-9-7-8-19(30)27(21)38-5)25(33-20)18-10-12-31-15-22(18)39-16-23-29(2,3)17-32-23/h6-10,12-13,15,23,32H,4,11,14,16-17H2,1-3,5H3,(H-,31,33,34,37)/p+1/b13-6-. The molecule has 0 bridgehead atoms. The fraction of sp³-hybridized carbons (Fsp3) is 0.345. The summed E-state index contributed by atoms with van der Waals surface area (Å²) in [4.78, 5) is 21.6. The van der Waals surface area contributed by atoms with Gasteiger partial charge in [0.05, 0.1) is 42.5 Å². The van der Waals surface area contributed by atoms with Crippen molar-refractivity contribution in [3.8, 4) is 22.8 Å². The van der Waals surface area contributed by atoms with E-state index in [1.165, 1.54) is 17.9 Å². The van der Waals surface area contributed by atoms with Crippen LogP contribution < -0.4 is 20.1 Å². The van der Waals surface area contributed by atoms with Gasteiger partial charge in [-0.2, -0.15) is 0 Å². The van der Waals surface area contributed by atoms with Crippen LogP contribution in [0.3, 0.4) is 0 Å². The molecule has 1 saturated heterocycles. The highest BCUT2D eigenvalue weighted by Crippen LogP contribution is 2.43. The summed E-state index contributed by atoms with van der Waals surface area (Å²) >= 11 is 0. The number of aromatic amines is 1. The summed E-state index contributed by atoms with van der Waals surface area (Å²) in [5.74, 6) is -0.119. The van der Waals surface area contributed by atoms with Crippen molar-refractivity contribution in [2.75, 3.05) is 32.1 Å². The average molecular weight is 534 g/mol. The third-order valence-corrected chi connectivity index (χ3v) is 7.37. The molecule has 2 aliphatic heterocycles. The Hall–Kier alpha value is -4.18. The number of carbonyl (C=O) groups is 1. The number of nitrogens with one attached hydrogen (secondary N) is 3. The lowest BCUT2D eigenvalue weighted by Crippen LogP contribution is -2.61. The Labute approximate surface area is 227 Å². The zero-order valence-electron chi connectivity index (χ0n) is 22.7. The highest BCUT2D eigenvalue weighted by molar-refractivity contribution is 6.06. The van der Waals surface area contributed by atoms with Crippen molar-refractivity contribution in [3.05, 3.63) is 66.0 Å². The van der Waals surface area contributed by atoms with Gasteiger partial charge in [-0.1, -0.05) is 24.6 Å². The molecule has 10 heteroatoms. The van der Waals surface area contributed by atoms with Crippen LogP contribution in [0, 0.1) is 11.2 Å². The monoisotopic (exact) mass is 533 g/mol. The number of benzene rings is 1. The molecule has 39 heavy (non-hydrogen) atoms. The predicted molar refractivity (Wildman–Crippen MR) is 148 cm³/mol. The van der Waals surface area contributed by atoms with Gasteiger partial charge in [0.2, 0.25) is 0 Å². The Kier molecular flexibility index (Phi) is 7.14. The number of ether oxygens (including phenoxy) is 2. The van der Waals surface area contributed by atoms with Crippen molar-refractivity contribution in [2.24, 2.45) is 5.41 Å². The lowest BCUT2D eigenvalue weighted by Gasteiger charge is -2.45. The van der Waals surface area contributed by atoms with Crippen molar-refractivity contribution in [1.29, 1.82) is 0 Å². The number of aromatic nitrogens is 2. The molecule has 0 saturated carbocycles. The number of hydrogen-bond acceptors (Lipinski definition) is 6. The molecule has 2 aliphatic rings. The van der Waals surface area contributed by atoms with Crippen LogP contribution in [0.25, 0.3) is 11.3 Å². The Morgan fingerprint density at radius 1 is 1.36 bits per heavy atom. The molecule has 1 atom stereocenters. The van der Waals surface area contributed by atoms with Crippen LogP contribution in [-0.4, -0.2) is 65.1 Å². The van der Waals surface area contributed by atoms with Crippen molar-refractivity contribution >= 4 is 24.0 Å². The number of halogens is 1. The van der Waals surface area contributed by atoms with E-state index in [0.717, 1.165) is 17.8 Å². The van der Waals surface area contributed by atoms with Gasteiger partial charge in [0.25, 0.3) is 0 Å². The number of carbonyl (C=O) groups excluding carboxylic acids is 1. The minimum absolute atomic E-state index is 0.0516. The fourth-order valence-electron chi connectivity index (χ4n) is 5.01. The van der Waals surface area contributed by atoms with Crippen LogP contribution >= 0.6 is 0 Å². The van der Waals surface area contributed by atoms with Gasteiger partial charge < -0.3 is 25.1 Å². The van der Waals surface area contributed by atoms with E-state index in [9.17, 15) is 9.18 Å². The van der Waals surface area contributed by atoms with Gasteiger partial charge in [-0.05, 0) is 36.6 Å². The second-order valence-corrected chi connectivity index (χ2v) is 10.4. The molecule has 9 nitrogen and oxygen atoms in total. The molecule has 1 fully saturated rings. The number of allylic oxidation sites excluding steroid dienone is 1. The molecule has 0 aliphatic carbocycles. The van der Waals surface area contributed by atoms with E-state index in [1.54, 1.807) is 35.7 Å². The Morgan fingerprint density at radius 2 is 2.18 bits per heavy atom. The maximum Gasteiger partial charge on any atom is 0.312 e. The molecule has 1 unspecified atom stereocenters. The number of methoxy groups -OCH3 is 1. The van der Waals surface area contributed by atoms with Crippen LogP contribution in [0.2, 0.25) is 0 Å². The summed E-state index contributed by atoms with van der Waals surface area (Å²) in [5, 5.41) is 8.29. The summed E-state index contributed by atoms with van der Waals surface area (Å²) in [5.41, 5.74) is 3.61. The molecule has 204 valence electrons. The number of nitrogens with zero attached hydrogens (tertiary/aromatic N) is 3. The van der Waals surface area contributed by atoms with Crippen molar-refractivity contribution in [1.82, 2.24) is 20.3 Å². The van der Waals surface area contributed by atoms with Gasteiger partial charge in [-0.3, -0.25) is 9.78 Å². The smallest absolute Gasteiger partial charge is 0.312 e. The first-order valence-corrected chi connectivity index (χ1v) is 12.9. The molecule has 1 aromatic carbocycles. The van der Waals surface area contributed by atoms with Crippen molar-refractivity contribution in [3.63, 3.8) is 0 Å². The quantitative estimate of drug-likeness (QED) is 0.277. The average Bonchev–Trinajstić information content (AvgIpc) is 3.27. The Morgan fingerprint density at radius 3 is 2.87 bits per heavy atom. The first-order valence-electron chi connectivity index (χ1n) is 12.9. The largest absolute Gasteiger partial charge is 0.492 e. The Bertz CT molecular complexity index is 1450. The summed E-state index contributed by atoms with van der Waals surface area (Å²) < 4.78 is 27.8. The predicted octanol–water partition coefficient (Wildman–Crippen LogP) is 4.50. The highest BCUT2D eigenvalue weighted by Gasteiger charge is 2.39. The normalized spacial score (nSPS) is 18.0. The second kappa shape index (κ2) is 10.5. The minimum atomic E-state index is -0.512. The number of hydrazone groups is 1. The lowest BCUT2D eigenvalue weighted by molar-refractivity contribution is -0.606. The molecule has 0 spiro atoms. The minimum Gasteiger partial charge on any atom is -0.492 e. The molecule has 4 heterocycles. The number of pyridine rings is 1. The van der Waals surface area contributed by atoms with Gasteiger partial charge >= 0.3 is 5.91 Å². The van der Waals surface area contributed by atoms with Crippen molar-refractivity contribution in [2.45, 2.75) is 33.2 Å². The van der Waals surface area contributed by atoms with Crippen LogP contribution in [0.4, 0.5) is 15.8 Å². The summed E-state index contributed by atoms with van der Waals surface area (Å²) in [6.45, 7) is 12.1. The SMILES string of the molecule is C=[N+](/C=C\C)N1CCc2[nH]c(-c3ccncc3OCC3NCC3(C)C)c(Nc3cccc(F)c3OC)c2C1=O. The summed E-state index contributed by atoms with van der Waals surface area (Å²) in [6.07, 6.45) is 7.46. The van der Waals surface area contributed by atoms with E-state index in [0.29, 0.717) is 48.0 Å². The topological polar surface area (TPSA) is 94.5 Å². The first kappa shape index (κ1) is 26.4. The van der Waals surface area contributed by atoms with Crippen LogP contribution in [0.15, 0.2) is 48.9 Å². The van der Waals surface area contributed by atoms with Gasteiger partial charge in [0, 0.05) is 36.5 Å². The molecular formula is C29H34FN6O3+. The van der Waals surface area contributed by atoms with E-state index in [4.69, 9.17) is 9.47 Å². The number of rotatable bonds is 9. The number of fused-ring (bicyclic) bond motifs is 1. The van der Waals surface area contributed by atoms with Gasteiger partial charge in [-0.25, -0.2) is 4.39 Å². The zero-order valence-corrected chi connectivity index (χ0v) is 22.7. The van der Waals surface area contributed by atoms with E-state index in [1.807, 2.05) is 19.1 Å². The number of hydrazine groups is 1. The number of anilines is 2. The fourth-order valence-corrected chi connectivity index (χ4v) is 5.01. The summed E-state index contributed by atoms with van der Waals surface area (Å²) in [6, 6.07) is 6.67. The summed E-state index contributed by atoms with van der Waals surface area (Å²) in [7, 11) is 1.41. The molecule has 3 N–H and O–H groups in total. The Balaban J connectivity index is 1.60. The van der Waals surface area contributed by atoms with Crippen LogP contribution in [-0.2, 0) is 6.42 Å². The van der Waals surface area contributed by atoms with Crippen LogP contribution in [0.5, 0.6) is 11.5 Å². The van der Waals surface area contributed by atoms with Crippen molar-refractivity contribution < 1.29 is 23.3 Å². The first-order chi connectivity index (χ1) is 18.7. The van der Waals surface area contributed by atoms with E-state index < -0.39 is 5.82 Å². The third-order valence-electron chi connectivity index (χ3n) is 7.37. The number of amides is 1. The van der Waals surface area contributed by atoms with E-state index in [2.05, 4.69) is 41.2 Å². The lowest BCUT2D eigenvalue weighted by atomic mass is 9.78. The molecule has 3 aromatic rings. The van der Waals surface area contributed by atoms with E-state index >= 15 is 0 Å². The maximum atomic E-state index is 14.6. The molecular weight excluding hydrogens is 499 g/mol. The van der Waals surface area contributed by atoms with Gasteiger partial charge in [0.15, 0.2) is 24.5 Å². The number of H-pyrrole nitrogens is 1. The zero-order chi connectivity index (χ0) is 27.7. The number of para-hydroxylation sites is 1. The third kappa shape index (κ3) is 4.87. The number of hydrogen-bond donors (Lipinski definition) is 3. The highest BCUT2D eigenvalue weighted by atomic mass is 19.1. The van der Waals surface area contributed by atoms with Crippen LogP contribution in [0.1, 0.15) is 36.8 Å². The molecule has 0 radical (unpaired) electrons. The molecule has 2 aromatic heterocycles. The maximum absolute atomic E-state index is 14.6. The van der Waals surface area contributed by atoms with E-state index in [-0.39, 0.29) is 23.1 Å². The second-order valence-electron chi connectivity index (χ2n) is 10.4. The molecule has 5 rings (SSSR count). The van der Waals surface area contributed by atoms with Gasteiger partial charge in [0.1, 0.15) is 12.4 Å². The van der Waals surface area contributed by atoms with Gasteiger partial charge in [-0.15, -0.1) is 5.01 Å².